The molecule has 0 amide bonds. The van der Waals surface area contributed by atoms with Gasteiger partial charge in [-0.05, 0) is 42.3 Å². The van der Waals surface area contributed by atoms with Gasteiger partial charge in [-0.2, -0.15) is 5.11 Å². The molecular formula is C16H14ClN3O. The quantitative estimate of drug-likeness (QED) is 0.616. The molecule has 0 aliphatic heterocycles. The van der Waals surface area contributed by atoms with Gasteiger partial charge in [0.25, 0.3) is 0 Å². The zero-order valence-electron chi connectivity index (χ0n) is 11.5. The third kappa shape index (κ3) is 2.76. The fraction of sp³-hybridized carbons (Fsp3) is 0.125. The van der Waals surface area contributed by atoms with E-state index in [2.05, 4.69) is 22.1 Å². The van der Waals surface area contributed by atoms with Crippen molar-refractivity contribution in [1.29, 1.82) is 0 Å². The third-order valence-corrected chi connectivity index (χ3v) is 3.56. The minimum atomic E-state index is -0.0128. The molecular weight excluding hydrogens is 286 g/mol. The first kappa shape index (κ1) is 13.6. The van der Waals surface area contributed by atoms with E-state index < -0.39 is 0 Å². The van der Waals surface area contributed by atoms with Crippen molar-refractivity contribution in [1.82, 2.24) is 4.98 Å². The normalized spacial score (nSPS) is 11.5. The molecule has 2 N–H and O–H groups in total. The first-order valence-corrected chi connectivity index (χ1v) is 7.06. The predicted octanol–water partition coefficient (Wildman–Crippen LogP) is 5.50. The number of benzene rings is 2. The van der Waals surface area contributed by atoms with Gasteiger partial charge in [-0.1, -0.05) is 30.7 Å². The fourth-order valence-electron chi connectivity index (χ4n) is 2.14. The van der Waals surface area contributed by atoms with Crippen molar-refractivity contribution in [3.05, 3.63) is 53.1 Å². The number of nitrogens with zero attached hydrogens (tertiary/aromatic N) is 2. The van der Waals surface area contributed by atoms with Crippen LogP contribution in [-0.2, 0) is 6.42 Å². The second-order valence-corrected chi connectivity index (χ2v) is 5.17. The van der Waals surface area contributed by atoms with Crippen LogP contribution in [0.15, 0.2) is 52.7 Å². The lowest BCUT2D eigenvalue weighted by molar-refractivity contribution is 0.459. The topological polar surface area (TPSA) is 60.7 Å². The number of azo groups is 1. The summed E-state index contributed by atoms with van der Waals surface area (Å²) in [6, 6.07) is 13.1. The highest BCUT2D eigenvalue weighted by atomic mass is 35.5. The maximum absolute atomic E-state index is 9.93. The highest BCUT2D eigenvalue weighted by molar-refractivity contribution is 6.31. The van der Waals surface area contributed by atoms with Crippen LogP contribution >= 0.6 is 11.6 Å². The number of aromatic nitrogens is 1. The van der Waals surface area contributed by atoms with Gasteiger partial charge >= 0.3 is 0 Å². The first-order valence-electron chi connectivity index (χ1n) is 6.68. The Morgan fingerprint density at radius 1 is 1.10 bits per heavy atom. The largest absolute Gasteiger partial charge is 0.493 e. The standard InChI is InChI=1S/C16H14ClN3O/c1-2-10-3-6-12(7-4-10)19-20-15-13-9-11(17)5-8-14(13)18-16(15)21/h3-9,18,21H,2H2,1H3. The van der Waals surface area contributed by atoms with Crippen molar-refractivity contribution in [2.75, 3.05) is 0 Å². The lowest BCUT2D eigenvalue weighted by Gasteiger charge is -1.96. The minimum absolute atomic E-state index is 0.0128. The first-order chi connectivity index (χ1) is 10.2. The Kier molecular flexibility index (Phi) is 3.62. The number of aromatic hydroxyl groups is 1. The molecule has 0 bridgehead atoms. The third-order valence-electron chi connectivity index (χ3n) is 3.32. The molecule has 21 heavy (non-hydrogen) atoms. The van der Waals surface area contributed by atoms with Crippen LogP contribution in [-0.4, -0.2) is 10.1 Å². The molecule has 0 spiro atoms. The van der Waals surface area contributed by atoms with Crippen molar-refractivity contribution in [3.63, 3.8) is 0 Å². The molecule has 0 unspecified atom stereocenters. The van der Waals surface area contributed by atoms with Crippen molar-refractivity contribution in [3.8, 4) is 5.88 Å². The number of halogens is 1. The Labute approximate surface area is 127 Å². The number of nitrogens with one attached hydrogen (secondary N) is 1. The van der Waals surface area contributed by atoms with Gasteiger partial charge in [-0.25, -0.2) is 0 Å². The van der Waals surface area contributed by atoms with E-state index in [1.807, 2.05) is 24.3 Å². The molecule has 4 nitrogen and oxygen atoms in total. The van der Waals surface area contributed by atoms with Crippen LogP contribution in [0.2, 0.25) is 5.02 Å². The molecule has 5 heteroatoms. The van der Waals surface area contributed by atoms with Crippen molar-refractivity contribution in [2.45, 2.75) is 13.3 Å². The molecule has 3 aromatic rings. The van der Waals surface area contributed by atoms with E-state index in [4.69, 9.17) is 11.6 Å². The van der Waals surface area contributed by atoms with Crippen molar-refractivity contribution >= 4 is 33.9 Å². The van der Waals surface area contributed by atoms with Crippen molar-refractivity contribution in [2.24, 2.45) is 10.2 Å². The smallest absolute Gasteiger partial charge is 0.218 e. The van der Waals surface area contributed by atoms with Gasteiger partial charge in [0.15, 0.2) is 5.69 Å². The molecule has 1 heterocycles. The maximum Gasteiger partial charge on any atom is 0.218 e. The highest BCUT2D eigenvalue weighted by Crippen LogP contribution is 2.37. The molecule has 0 saturated heterocycles. The van der Waals surface area contributed by atoms with E-state index in [0.717, 1.165) is 23.0 Å². The fourth-order valence-corrected chi connectivity index (χ4v) is 2.32. The van der Waals surface area contributed by atoms with E-state index in [-0.39, 0.29) is 5.88 Å². The molecule has 106 valence electrons. The minimum Gasteiger partial charge on any atom is -0.493 e. The van der Waals surface area contributed by atoms with Gasteiger partial charge < -0.3 is 10.1 Å². The number of H-pyrrole nitrogens is 1. The van der Waals surface area contributed by atoms with Gasteiger partial charge in [-0.15, -0.1) is 5.11 Å². The van der Waals surface area contributed by atoms with Gasteiger partial charge in [0.1, 0.15) is 0 Å². The summed E-state index contributed by atoms with van der Waals surface area (Å²) in [4.78, 5) is 2.85. The predicted molar refractivity (Wildman–Crippen MR) is 85.0 cm³/mol. The summed E-state index contributed by atoms with van der Waals surface area (Å²) in [5.41, 5.74) is 3.15. The number of aromatic amines is 1. The average Bonchev–Trinajstić information content (AvgIpc) is 2.80. The molecule has 1 aromatic heterocycles. The van der Waals surface area contributed by atoms with Crippen LogP contribution in [0, 0.1) is 0 Å². The summed E-state index contributed by atoms with van der Waals surface area (Å²) in [7, 11) is 0. The SMILES string of the molecule is CCc1ccc(N=Nc2c(O)[nH]c3ccc(Cl)cc23)cc1. The van der Waals surface area contributed by atoms with Gasteiger partial charge in [0.2, 0.25) is 5.88 Å². The van der Waals surface area contributed by atoms with Crippen LogP contribution in [0.4, 0.5) is 11.4 Å². The molecule has 0 fully saturated rings. The summed E-state index contributed by atoms with van der Waals surface area (Å²) in [5, 5.41) is 19.6. The van der Waals surface area contributed by atoms with Gasteiger partial charge in [0, 0.05) is 10.4 Å². The number of hydrogen-bond donors (Lipinski definition) is 2. The highest BCUT2D eigenvalue weighted by Gasteiger charge is 2.10. The number of fused-ring (bicyclic) bond motifs is 1. The second-order valence-electron chi connectivity index (χ2n) is 4.73. The summed E-state index contributed by atoms with van der Waals surface area (Å²) in [6.45, 7) is 2.10. The Balaban J connectivity index is 1.98. The van der Waals surface area contributed by atoms with Crippen LogP contribution in [0.3, 0.4) is 0 Å². The molecule has 0 atom stereocenters. The van der Waals surface area contributed by atoms with E-state index in [0.29, 0.717) is 10.7 Å². The number of rotatable bonds is 3. The van der Waals surface area contributed by atoms with Gasteiger partial charge in [-0.3, -0.25) is 0 Å². The van der Waals surface area contributed by atoms with Crippen LogP contribution < -0.4 is 0 Å². The number of aryl methyl sites for hydroxylation is 1. The van der Waals surface area contributed by atoms with E-state index in [9.17, 15) is 5.11 Å². The number of hydrogen-bond acceptors (Lipinski definition) is 3. The molecule has 0 radical (unpaired) electrons. The molecule has 0 aliphatic rings. The lowest BCUT2D eigenvalue weighted by Crippen LogP contribution is -1.75. The Hall–Kier alpha value is -2.33. The summed E-state index contributed by atoms with van der Waals surface area (Å²) >= 11 is 5.98. The Bertz CT molecular complexity index is 806. The second kappa shape index (κ2) is 5.58. The molecule has 2 aromatic carbocycles. The van der Waals surface area contributed by atoms with Crippen LogP contribution in [0.5, 0.6) is 5.88 Å². The molecule has 3 rings (SSSR count). The summed E-state index contributed by atoms with van der Waals surface area (Å²) in [5.74, 6) is -0.0128. The van der Waals surface area contributed by atoms with Gasteiger partial charge in [0.05, 0.1) is 11.2 Å². The summed E-state index contributed by atoms with van der Waals surface area (Å²) < 4.78 is 0. The zero-order chi connectivity index (χ0) is 14.8. The monoisotopic (exact) mass is 299 g/mol. The molecule has 0 aliphatic carbocycles. The van der Waals surface area contributed by atoms with E-state index >= 15 is 0 Å². The lowest BCUT2D eigenvalue weighted by atomic mass is 10.2. The van der Waals surface area contributed by atoms with E-state index in [1.165, 1.54) is 5.56 Å². The summed E-state index contributed by atoms with van der Waals surface area (Å²) in [6.07, 6.45) is 0.985. The van der Waals surface area contributed by atoms with Crippen LogP contribution in [0.25, 0.3) is 10.9 Å². The Morgan fingerprint density at radius 2 is 1.86 bits per heavy atom. The van der Waals surface area contributed by atoms with E-state index in [1.54, 1.807) is 18.2 Å². The zero-order valence-corrected chi connectivity index (χ0v) is 12.2. The van der Waals surface area contributed by atoms with Crippen LogP contribution in [0.1, 0.15) is 12.5 Å². The van der Waals surface area contributed by atoms with Crippen molar-refractivity contribution < 1.29 is 5.11 Å². The Morgan fingerprint density at radius 3 is 2.57 bits per heavy atom. The maximum atomic E-state index is 9.93. The average molecular weight is 300 g/mol. The molecule has 0 saturated carbocycles.